The summed E-state index contributed by atoms with van der Waals surface area (Å²) in [7, 11) is 0. The van der Waals surface area contributed by atoms with Crippen LogP contribution in [0.4, 0.5) is 35.1 Å². The molecule has 0 saturated carbocycles. The molecule has 0 aromatic rings. The number of carbonyl (C=O) groups excluding carboxylic acids is 1. The highest BCUT2D eigenvalue weighted by molar-refractivity contribution is 9.09. The maximum Gasteiger partial charge on any atom is 0.465 e. The van der Waals surface area contributed by atoms with Crippen molar-refractivity contribution in [3.05, 3.63) is 0 Å². The van der Waals surface area contributed by atoms with Gasteiger partial charge in [0.2, 0.25) is 0 Å². The van der Waals surface area contributed by atoms with Crippen LogP contribution in [-0.2, 0) is 14.3 Å². The lowest BCUT2D eigenvalue weighted by molar-refractivity contribution is -0.440. The predicted octanol–water partition coefficient (Wildman–Crippen LogP) is 3.17. The first kappa shape index (κ1) is 17.4. The van der Waals surface area contributed by atoms with Gasteiger partial charge in [-0.1, -0.05) is 15.9 Å². The summed E-state index contributed by atoms with van der Waals surface area (Å²) in [6.07, 6.45) is -16.7. The second-order valence-electron chi connectivity index (χ2n) is 3.83. The van der Waals surface area contributed by atoms with E-state index < -0.39 is 47.9 Å². The van der Waals surface area contributed by atoms with Crippen LogP contribution in [0.3, 0.4) is 0 Å². The van der Waals surface area contributed by atoms with Gasteiger partial charge in [-0.25, -0.2) is 13.6 Å². The molecule has 1 heterocycles. The van der Waals surface area contributed by atoms with Gasteiger partial charge in [-0.05, 0) is 0 Å². The molecule has 3 nitrogen and oxygen atoms in total. The van der Waals surface area contributed by atoms with Gasteiger partial charge in [0.05, 0.1) is 5.33 Å². The van der Waals surface area contributed by atoms with E-state index in [9.17, 15) is 39.9 Å². The van der Waals surface area contributed by atoms with Crippen molar-refractivity contribution in [3.63, 3.8) is 0 Å². The summed E-state index contributed by atoms with van der Waals surface area (Å²) < 4.78 is 107. The summed E-state index contributed by atoms with van der Waals surface area (Å²) in [5, 5.41) is -1.07. The van der Waals surface area contributed by atoms with E-state index in [1.165, 1.54) is 0 Å². The van der Waals surface area contributed by atoms with Crippen LogP contribution >= 0.6 is 15.9 Å². The maximum atomic E-state index is 12.9. The van der Waals surface area contributed by atoms with Crippen molar-refractivity contribution in [2.24, 2.45) is 0 Å². The number of rotatable bonds is 3. The van der Waals surface area contributed by atoms with Crippen molar-refractivity contribution in [2.45, 2.75) is 36.6 Å². The van der Waals surface area contributed by atoms with E-state index in [0.29, 0.717) is 0 Å². The molecule has 0 spiro atoms. The molecular formula is C8H5BrF8O3. The van der Waals surface area contributed by atoms with Gasteiger partial charge in [-0.3, -0.25) is 0 Å². The molecule has 0 aromatic carbocycles. The minimum Gasteiger partial charge on any atom is -0.414 e. The Morgan fingerprint density at radius 3 is 1.80 bits per heavy atom. The summed E-state index contributed by atoms with van der Waals surface area (Å²) in [6, 6.07) is 0. The largest absolute Gasteiger partial charge is 0.465 e. The fourth-order valence-corrected chi connectivity index (χ4v) is 1.57. The van der Waals surface area contributed by atoms with Gasteiger partial charge in [-0.2, -0.15) is 26.3 Å². The summed E-state index contributed by atoms with van der Waals surface area (Å²) in [5.41, 5.74) is 0. The highest BCUT2D eigenvalue weighted by atomic mass is 79.9. The van der Waals surface area contributed by atoms with Crippen molar-refractivity contribution in [1.29, 1.82) is 0 Å². The van der Waals surface area contributed by atoms with Gasteiger partial charge >= 0.3 is 24.1 Å². The normalized spacial score (nSPS) is 23.9. The molecule has 0 aliphatic carbocycles. The van der Waals surface area contributed by atoms with Crippen molar-refractivity contribution in [2.75, 3.05) is 5.33 Å². The minimum absolute atomic E-state index is 1.07. The van der Waals surface area contributed by atoms with Crippen LogP contribution in [0.2, 0.25) is 0 Å². The van der Waals surface area contributed by atoms with E-state index in [1.807, 2.05) is 0 Å². The number of ether oxygens (including phenoxy) is 2. The Kier molecular flexibility index (Phi) is 4.32. The predicted molar refractivity (Wildman–Crippen MR) is 49.2 cm³/mol. The summed E-state index contributed by atoms with van der Waals surface area (Å²) in [6.45, 7) is 0. The number of alkyl halides is 9. The molecule has 118 valence electrons. The zero-order valence-electron chi connectivity index (χ0n) is 9.12. The number of carbonyl (C=O) groups is 1. The Hall–Kier alpha value is -0.650. The fraction of sp³-hybridized carbons (Fsp3) is 0.875. The molecule has 1 aliphatic rings. The molecule has 12 heteroatoms. The Morgan fingerprint density at radius 2 is 1.50 bits per heavy atom. The van der Waals surface area contributed by atoms with E-state index in [2.05, 4.69) is 25.4 Å². The quantitative estimate of drug-likeness (QED) is 0.428. The van der Waals surface area contributed by atoms with Crippen molar-refractivity contribution < 1.29 is 49.4 Å². The van der Waals surface area contributed by atoms with Gasteiger partial charge in [0.1, 0.15) is 0 Å². The molecule has 0 aromatic heterocycles. The van der Waals surface area contributed by atoms with E-state index in [0.717, 1.165) is 0 Å². The second kappa shape index (κ2) is 4.97. The van der Waals surface area contributed by atoms with E-state index in [4.69, 9.17) is 0 Å². The summed E-state index contributed by atoms with van der Waals surface area (Å²) >= 11 is 2.30. The number of hydrogen-bond donors (Lipinski definition) is 0. The van der Waals surface area contributed by atoms with Crippen LogP contribution in [0, 0.1) is 0 Å². The zero-order chi connectivity index (χ0) is 16.0. The van der Waals surface area contributed by atoms with E-state index in [1.54, 1.807) is 0 Å². The molecule has 20 heavy (non-hydrogen) atoms. The number of halogens is 9. The Bertz CT molecular complexity index is 376. The van der Waals surface area contributed by atoms with Crippen LogP contribution < -0.4 is 0 Å². The lowest BCUT2D eigenvalue weighted by Gasteiger charge is -2.30. The SMILES string of the molecule is O=C1OC(C(F)(F)F)(C(F)(F)F)O[C@H]1CC(F)(F)CBr. The van der Waals surface area contributed by atoms with Crippen molar-refractivity contribution in [1.82, 2.24) is 0 Å². The molecule has 1 rings (SSSR count). The fourth-order valence-electron chi connectivity index (χ4n) is 1.34. The van der Waals surface area contributed by atoms with E-state index >= 15 is 0 Å². The highest BCUT2D eigenvalue weighted by Gasteiger charge is 2.80. The van der Waals surface area contributed by atoms with Gasteiger partial charge in [0.15, 0.2) is 6.10 Å². The molecule has 1 atom stereocenters. The summed E-state index contributed by atoms with van der Waals surface area (Å²) in [5.74, 6) is -11.1. The zero-order valence-corrected chi connectivity index (χ0v) is 10.7. The molecule has 1 saturated heterocycles. The molecule has 1 fully saturated rings. The van der Waals surface area contributed by atoms with Crippen LogP contribution in [0.15, 0.2) is 0 Å². The monoisotopic (exact) mass is 380 g/mol. The van der Waals surface area contributed by atoms with Crippen LogP contribution in [-0.4, -0.2) is 41.5 Å². The number of esters is 1. The minimum atomic E-state index is -6.15. The molecular weight excluding hydrogens is 376 g/mol. The lowest BCUT2D eigenvalue weighted by atomic mass is 10.1. The highest BCUT2D eigenvalue weighted by Crippen LogP contribution is 2.51. The number of cyclic esters (lactones) is 1. The van der Waals surface area contributed by atoms with Crippen LogP contribution in [0.1, 0.15) is 6.42 Å². The molecule has 0 N–H and O–H groups in total. The Morgan fingerprint density at radius 1 is 1.05 bits per heavy atom. The topological polar surface area (TPSA) is 35.5 Å². The second-order valence-corrected chi connectivity index (χ2v) is 4.39. The van der Waals surface area contributed by atoms with Gasteiger partial charge in [0, 0.05) is 6.42 Å². The molecule has 0 amide bonds. The average Bonchev–Trinajstić information content (AvgIpc) is 2.55. The van der Waals surface area contributed by atoms with Crippen molar-refractivity contribution in [3.8, 4) is 0 Å². The van der Waals surface area contributed by atoms with Crippen LogP contribution in [0.25, 0.3) is 0 Å². The Labute approximate surface area is 114 Å². The third-order valence-electron chi connectivity index (χ3n) is 2.24. The molecule has 1 aliphatic heterocycles. The standard InChI is InChI=1S/C8H5BrF8O3/c9-2-5(10,11)1-3-4(18)20-6(19-3,7(12,13)14)8(15,16)17/h3H,1-2H2/t3-/m0/s1. The van der Waals surface area contributed by atoms with Gasteiger partial charge in [-0.15, -0.1) is 0 Å². The Balaban J connectivity index is 3.09. The van der Waals surface area contributed by atoms with Gasteiger partial charge < -0.3 is 9.47 Å². The first-order chi connectivity index (χ1) is 8.76. The molecule has 0 unspecified atom stereocenters. The van der Waals surface area contributed by atoms with Gasteiger partial charge in [0.25, 0.3) is 5.92 Å². The average molecular weight is 381 g/mol. The number of hydrogen-bond acceptors (Lipinski definition) is 3. The maximum absolute atomic E-state index is 12.9. The smallest absolute Gasteiger partial charge is 0.414 e. The van der Waals surface area contributed by atoms with E-state index in [-0.39, 0.29) is 0 Å². The summed E-state index contributed by atoms with van der Waals surface area (Å²) in [4.78, 5) is 11.0. The third kappa shape index (κ3) is 3.00. The molecule has 0 radical (unpaired) electrons. The lowest BCUT2D eigenvalue weighted by Crippen LogP contribution is -2.58. The van der Waals surface area contributed by atoms with Crippen LogP contribution in [0.5, 0.6) is 0 Å². The first-order valence-corrected chi connectivity index (χ1v) is 5.86. The third-order valence-corrected chi connectivity index (χ3v) is 3.06. The first-order valence-electron chi connectivity index (χ1n) is 4.74. The molecule has 0 bridgehead atoms. The van der Waals surface area contributed by atoms with Crippen molar-refractivity contribution >= 4 is 21.9 Å².